The van der Waals surface area contributed by atoms with E-state index in [1.165, 1.54) is 0 Å². The summed E-state index contributed by atoms with van der Waals surface area (Å²) < 4.78 is 8.04. The molecule has 2 unspecified atom stereocenters. The molecule has 0 aliphatic carbocycles. The third kappa shape index (κ3) is 5.82. The van der Waals surface area contributed by atoms with Gasteiger partial charge in [-0.05, 0) is 86.2 Å². The number of hydrogen-bond donors (Lipinski definition) is 2. The highest BCUT2D eigenvalue weighted by Crippen LogP contribution is 2.45. The molecule has 0 bridgehead atoms. The molecule has 9 heteroatoms. The Bertz CT molecular complexity index is 1640. The van der Waals surface area contributed by atoms with E-state index >= 15 is 0 Å². The smallest absolute Gasteiger partial charge is 0.229 e. The van der Waals surface area contributed by atoms with Gasteiger partial charge in [0.15, 0.2) is 5.11 Å². The maximum atomic E-state index is 12.8. The van der Waals surface area contributed by atoms with Crippen LogP contribution in [0.25, 0.3) is 5.69 Å². The Kier molecular flexibility index (Phi) is 8.21. The molecule has 1 aliphatic heterocycles. The van der Waals surface area contributed by atoms with Gasteiger partial charge < -0.3 is 29.7 Å². The van der Waals surface area contributed by atoms with Crippen molar-refractivity contribution in [3.05, 3.63) is 95.6 Å². The van der Waals surface area contributed by atoms with Crippen LogP contribution in [-0.2, 0) is 4.79 Å². The molecule has 3 heterocycles. The van der Waals surface area contributed by atoms with Gasteiger partial charge in [0.1, 0.15) is 5.75 Å². The summed E-state index contributed by atoms with van der Waals surface area (Å²) in [6.45, 7) is 9.93. The Morgan fingerprint density at radius 1 is 1.02 bits per heavy atom. The average Bonchev–Trinajstić information content (AvgIpc) is 3.47. The van der Waals surface area contributed by atoms with Gasteiger partial charge in [-0.15, -0.1) is 0 Å². The fraction of sp³-hybridized carbons (Fsp3) is 0.324. The van der Waals surface area contributed by atoms with Crippen LogP contribution in [0.5, 0.6) is 5.75 Å². The Labute approximate surface area is 259 Å². The van der Waals surface area contributed by atoms with E-state index in [2.05, 4.69) is 69.2 Å². The van der Waals surface area contributed by atoms with Crippen LogP contribution in [0.1, 0.15) is 55.5 Å². The van der Waals surface area contributed by atoms with Crippen LogP contribution in [0.15, 0.2) is 72.9 Å². The van der Waals surface area contributed by atoms with E-state index in [-0.39, 0.29) is 18.0 Å². The minimum atomic E-state index is -0.541. The largest absolute Gasteiger partial charge is 0.494 e. The molecule has 2 N–H and O–H groups in total. The van der Waals surface area contributed by atoms with E-state index in [0.29, 0.717) is 16.5 Å². The van der Waals surface area contributed by atoms with Crippen LogP contribution in [-0.4, -0.2) is 41.8 Å². The van der Waals surface area contributed by atoms with E-state index in [1.807, 2.05) is 77.5 Å². The highest BCUT2D eigenvalue weighted by Gasteiger charge is 2.42. The summed E-state index contributed by atoms with van der Waals surface area (Å²) in [6, 6.07) is 22.2. The number of benzene rings is 2. The Balaban J connectivity index is 1.61. The number of amides is 1. The van der Waals surface area contributed by atoms with E-state index in [4.69, 9.17) is 21.9 Å². The van der Waals surface area contributed by atoms with Crippen molar-refractivity contribution >= 4 is 40.3 Å². The molecule has 2 aromatic heterocycles. The fourth-order valence-corrected chi connectivity index (χ4v) is 5.92. The molecule has 1 amide bonds. The quantitative estimate of drug-likeness (QED) is 0.229. The lowest BCUT2D eigenvalue weighted by atomic mass is 9.95. The Morgan fingerprint density at radius 2 is 1.72 bits per heavy atom. The van der Waals surface area contributed by atoms with Crippen molar-refractivity contribution in [1.29, 1.82) is 0 Å². The monoisotopic (exact) mass is 596 g/mol. The number of anilines is 3. The number of pyridine rings is 1. The second kappa shape index (κ2) is 11.7. The van der Waals surface area contributed by atoms with E-state index in [9.17, 15) is 4.79 Å². The lowest BCUT2D eigenvalue weighted by Crippen LogP contribution is -2.30. The van der Waals surface area contributed by atoms with Crippen LogP contribution in [0.3, 0.4) is 0 Å². The zero-order valence-electron chi connectivity index (χ0n) is 26.1. The molecule has 2 aromatic carbocycles. The summed E-state index contributed by atoms with van der Waals surface area (Å²) in [5.41, 5.74) is 7.46. The van der Waals surface area contributed by atoms with Crippen LogP contribution >= 0.6 is 12.2 Å². The second-order valence-electron chi connectivity index (χ2n) is 12.2. The van der Waals surface area contributed by atoms with E-state index < -0.39 is 5.41 Å². The number of aromatic nitrogens is 2. The molecule has 2 atom stereocenters. The fourth-order valence-electron chi connectivity index (χ4n) is 5.58. The zero-order valence-corrected chi connectivity index (χ0v) is 26.9. The predicted octanol–water partition coefficient (Wildman–Crippen LogP) is 6.73. The molecule has 0 spiro atoms. The molecular weight excluding hydrogens is 556 g/mol. The normalized spacial score (nSPS) is 16.7. The van der Waals surface area contributed by atoms with Crippen molar-refractivity contribution in [3.63, 3.8) is 0 Å². The summed E-state index contributed by atoms with van der Waals surface area (Å²) in [5.74, 6) is 0.473. The van der Waals surface area contributed by atoms with Crippen LogP contribution < -0.4 is 25.2 Å². The number of hydrogen-bond acceptors (Lipinski definition) is 5. The molecule has 4 aromatic rings. The highest BCUT2D eigenvalue weighted by molar-refractivity contribution is 7.80. The first kappa shape index (κ1) is 30.1. The van der Waals surface area contributed by atoms with E-state index in [0.717, 1.165) is 39.7 Å². The predicted molar refractivity (Wildman–Crippen MR) is 179 cm³/mol. The number of nitrogens with zero attached hydrogens (tertiary/aromatic N) is 4. The third-order valence-corrected chi connectivity index (χ3v) is 8.22. The zero-order chi connectivity index (χ0) is 31.1. The molecule has 1 saturated heterocycles. The summed E-state index contributed by atoms with van der Waals surface area (Å²) in [5, 5.41) is 7.16. The van der Waals surface area contributed by atoms with Crippen LogP contribution in [0.2, 0.25) is 0 Å². The number of rotatable bonds is 7. The minimum Gasteiger partial charge on any atom is -0.494 e. The number of carbonyl (C=O) groups is 1. The Hall–Kier alpha value is -4.37. The molecule has 0 radical (unpaired) electrons. The lowest BCUT2D eigenvalue weighted by molar-refractivity contribution is -0.123. The van der Waals surface area contributed by atoms with Crippen molar-refractivity contribution in [2.75, 3.05) is 36.3 Å². The summed E-state index contributed by atoms with van der Waals surface area (Å²) in [6.07, 6.45) is 1.81. The van der Waals surface area contributed by atoms with Gasteiger partial charge in [0.2, 0.25) is 5.91 Å². The van der Waals surface area contributed by atoms with Crippen LogP contribution in [0, 0.1) is 19.3 Å². The maximum absolute atomic E-state index is 12.8. The van der Waals surface area contributed by atoms with Gasteiger partial charge >= 0.3 is 0 Å². The number of thiocarbonyl (C=S) groups is 1. The summed E-state index contributed by atoms with van der Waals surface area (Å²) in [4.78, 5) is 21.7. The van der Waals surface area contributed by atoms with Crippen molar-refractivity contribution in [2.45, 2.75) is 46.7 Å². The SMILES string of the molecule is COc1cc(N2C(=S)NC(c3ccccn3)C2c2cc(C)n(-c3ccc(N(C)C)cc3)c2C)ccc1NC(=O)C(C)(C)C. The third-order valence-electron chi connectivity index (χ3n) is 7.90. The van der Waals surface area contributed by atoms with Crippen molar-refractivity contribution in [2.24, 2.45) is 5.41 Å². The maximum Gasteiger partial charge on any atom is 0.229 e. The molecular formula is C34H40N6O2S. The highest BCUT2D eigenvalue weighted by atomic mass is 32.1. The average molecular weight is 597 g/mol. The van der Waals surface area contributed by atoms with Gasteiger partial charge in [-0.1, -0.05) is 26.8 Å². The van der Waals surface area contributed by atoms with Gasteiger partial charge in [-0.25, -0.2) is 0 Å². The number of ether oxygens (including phenoxy) is 1. The molecule has 8 nitrogen and oxygen atoms in total. The number of nitrogens with one attached hydrogen (secondary N) is 2. The summed E-state index contributed by atoms with van der Waals surface area (Å²) in [7, 11) is 5.69. The first-order valence-electron chi connectivity index (χ1n) is 14.4. The topological polar surface area (TPSA) is 74.7 Å². The molecule has 5 rings (SSSR count). The molecule has 43 heavy (non-hydrogen) atoms. The first-order valence-corrected chi connectivity index (χ1v) is 14.8. The Morgan fingerprint density at radius 3 is 2.33 bits per heavy atom. The van der Waals surface area contributed by atoms with Gasteiger partial charge in [-0.2, -0.15) is 0 Å². The van der Waals surface area contributed by atoms with Gasteiger partial charge in [0.05, 0.1) is 30.6 Å². The van der Waals surface area contributed by atoms with Gasteiger partial charge in [0, 0.05) is 60.2 Å². The van der Waals surface area contributed by atoms with Crippen LogP contribution in [0.4, 0.5) is 17.1 Å². The summed E-state index contributed by atoms with van der Waals surface area (Å²) >= 11 is 5.99. The molecule has 1 aliphatic rings. The van der Waals surface area contributed by atoms with Gasteiger partial charge in [0.25, 0.3) is 0 Å². The molecule has 0 saturated carbocycles. The molecule has 1 fully saturated rings. The van der Waals surface area contributed by atoms with Crippen molar-refractivity contribution in [3.8, 4) is 11.4 Å². The van der Waals surface area contributed by atoms with Crippen molar-refractivity contribution < 1.29 is 9.53 Å². The van der Waals surface area contributed by atoms with E-state index in [1.54, 1.807) is 7.11 Å². The minimum absolute atomic E-state index is 0.0870. The first-order chi connectivity index (χ1) is 20.4. The number of aryl methyl sites for hydroxylation is 1. The standard InChI is InChI=1S/C34H40N6O2S/c1-21-19-26(22(2)39(21)24-14-12-23(13-15-24)38(6)7)31-30(28-11-9-10-18-35-28)37-33(43)40(31)25-16-17-27(29(20-25)42-8)36-32(41)34(3,4)5/h9-20,30-31H,1-8H3,(H,36,41)(H,37,43). The number of methoxy groups -OCH3 is 1. The second-order valence-corrected chi connectivity index (χ2v) is 12.5. The van der Waals surface area contributed by atoms with Crippen molar-refractivity contribution in [1.82, 2.24) is 14.9 Å². The molecule has 224 valence electrons. The number of carbonyl (C=O) groups excluding carboxylic acids is 1. The lowest BCUT2D eigenvalue weighted by Gasteiger charge is -2.29. The van der Waals surface area contributed by atoms with Gasteiger partial charge in [-0.3, -0.25) is 9.78 Å².